The van der Waals surface area contributed by atoms with Crippen molar-refractivity contribution in [2.24, 2.45) is 0 Å². The summed E-state index contributed by atoms with van der Waals surface area (Å²) in [6, 6.07) is 1.05. The molecule has 2 nitrogen and oxygen atoms in total. The van der Waals surface area contributed by atoms with Crippen LogP contribution in [0.15, 0.2) is 9.98 Å². The zero-order chi connectivity index (χ0) is 10.7. The van der Waals surface area contributed by atoms with Gasteiger partial charge in [-0.15, -0.1) is 11.3 Å². The number of nitrogens with zero attached hydrogens (tertiary/aromatic N) is 1. The Morgan fingerprint density at radius 2 is 2.53 bits per heavy atom. The molecule has 1 aromatic heterocycles. The van der Waals surface area contributed by atoms with E-state index in [4.69, 9.17) is 0 Å². The van der Waals surface area contributed by atoms with Gasteiger partial charge in [-0.1, -0.05) is 0 Å². The summed E-state index contributed by atoms with van der Waals surface area (Å²) in [4.78, 5) is 4.38. The predicted molar refractivity (Wildman–Crippen MR) is 71.7 cm³/mol. The van der Waals surface area contributed by atoms with Crippen molar-refractivity contribution in [2.45, 2.75) is 31.8 Å². The van der Waals surface area contributed by atoms with Gasteiger partial charge in [0.25, 0.3) is 0 Å². The van der Waals surface area contributed by atoms with E-state index in [1.807, 2.05) is 6.20 Å². The molecule has 1 aliphatic heterocycles. The van der Waals surface area contributed by atoms with Gasteiger partial charge in [0.15, 0.2) is 0 Å². The molecule has 0 bridgehead atoms. The van der Waals surface area contributed by atoms with Crippen LogP contribution in [0.2, 0.25) is 0 Å². The lowest BCUT2D eigenvalue weighted by atomic mass is 10.1. The number of thioether (sulfide) groups is 1. The fraction of sp³-hybridized carbons (Fsp3) is 0.700. The molecule has 0 spiro atoms. The highest BCUT2D eigenvalue weighted by Crippen LogP contribution is 2.26. The maximum atomic E-state index is 4.38. The predicted octanol–water partition coefficient (Wildman–Crippen LogP) is 3.45. The fourth-order valence-electron chi connectivity index (χ4n) is 1.76. The fourth-order valence-corrected chi connectivity index (χ4v) is 4.10. The van der Waals surface area contributed by atoms with Crippen molar-refractivity contribution < 1.29 is 0 Å². The molecule has 0 saturated carbocycles. The van der Waals surface area contributed by atoms with Crippen LogP contribution in [0.5, 0.6) is 0 Å². The van der Waals surface area contributed by atoms with Crippen molar-refractivity contribution in [3.63, 3.8) is 0 Å². The molecule has 84 valence electrons. The van der Waals surface area contributed by atoms with Crippen molar-refractivity contribution >= 4 is 39.0 Å². The van der Waals surface area contributed by atoms with Gasteiger partial charge in [0.05, 0.1) is 16.0 Å². The number of aromatic nitrogens is 1. The Labute approximate surface area is 107 Å². The Morgan fingerprint density at radius 1 is 1.67 bits per heavy atom. The van der Waals surface area contributed by atoms with Gasteiger partial charge in [0.2, 0.25) is 0 Å². The first-order valence-corrected chi connectivity index (χ1v) is 7.97. The maximum absolute atomic E-state index is 4.38. The van der Waals surface area contributed by atoms with Crippen LogP contribution in [0.3, 0.4) is 0 Å². The molecule has 0 aromatic carbocycles. The van der Waals surface area contributed by atoms with Crippen molar-refractivity contribution in [1.82, 2.24) is 10.3 Å². The zero-order valence-corrected chi connectivity index (χ0v) is 11.9. The summed E-state index contributed by atoms with van der Waals surface area (Å²) in [5.74, 6) is 2.58. The molecule has 0 aliphatic carbocycles. The molecular weight excluding hydrogens is 292 g/mol. The Kier molecular flexibility index (Phi) is 4.49. The third-order valence-electron chi connectivity index (χ3n) is 2.51. The first-order chi connectivity index (χ1) is 7.25. The van der Waals surface area contributed by atoms with E-state index in [9.17, 15) is 0 Å². The van der Waals surface area contributed by atoms with Gasteiger partial charge in [-0.05, 0) is 41.4 Å². The minimum Gasteiger partial charge on any atom is -0.305 e. The van der Waals surface area contributed by atoms with Gasteiger partial charge in [-0.25, -0.2) is 4.98 Å². The van der Waals surface area contributed by atoms with Crippen molar-refractivity contribution in [2.75, 3.05) is 11.5 Å². The van der Waals surface area contributed by atoms with Gasteiger partial charge < -0.3 is 5.32 Å². The second kappa shape index (κ2) is 5.66. The van der Waals surface area contributed by atoms with E-state index in [-0.39, 0.29) is 0 Å². The molecule has 5 heteroatoms. The SMILES string of the molecule is CC(NC1CCCSC1)c1ncc(Br)s1. The monoisotopic (exact) mass is 306 g/mol. The van der Waals surface area contributed by atoms with Crippen LogP contribution in [0.25, 0.3) is 0 Å². The molecule has 1 N–H and O–H groups in total. The third kappa shape index (κ3) is 3.44. The summed E-state index contributed by atoms with van der Waals surface area (Å²) < 4.78 is 1.11. The van der Waals surface area contributed by atoms with E-state index in [0.717, 1.165) is 3.79 Å². The highest BCUT2D eigenvalue weighted by molar-refractivity contribution is 9.11. The number of hydrogen-bond acceptors (Lipinski definition) is 4. The number of halogens is 1. The Hall–Kier alpha value is 0.420. The van der Waals surface area contributed by atoms with Crippen LogP contribution < -0.4 is 5.32 Å². The lowest BCUT2D eigenvalue weighted by Crippen LogP contribution is -2.35. The third-order valence-corrected chi connectivity index (χ3v) is 5.39. The number of rotatable bonds is 3. The van der Waals surface area contributed by atoms with Crippen molar-refractivity contribution in [1.29, 1.82) is 0 Å². The van der Waals surface area contributed by atoms with Gasteiger partial charge >= 0.3 is 0 Å². The highest BCUT2D eigenvalue weighted by Gasteiger charge is 2.18. The molecule has 1 aliphatic rings. The van der Waals surface area contributed by atoms with E-state index >= 15 is 0 Å². The zero-order valence-electron chi connectivity index (χ0n) is 8.70. The molecule has 1 saturated heterocycles. The molecule has 1 aromatic rings. The van der Waals surface area contributed by atoms with Crippen LogP contribution in [-0.2, 0) is 0 Å². The molecule has 2 heterocycles. The summed E-state index contributed by atoms with van der Waals surface area (Å²) in [7, 11) is 0. The van der Waals surface area contributed by atoms with E-state index in [1.165, 1.54) is 29.4 Å². The summed E-state index contributed by atoms with van der Waals surface area (Å²) in [6.45, 7) is 2.20. The van der Waals surface area contributed by atoms with Crippen LogP contribution >= 0.6 is 39.0 Å². The molecular formula is C10H15BrN2S2. The number of thiazole rings is 1. The molecule has 0 radical (unpaired) electrons. The Balaban J connectivity index is 1.88. The summed E-state index contributed by atoms with van der Waals surface area (Å²) in [6.07, 6.45) is 4.54. The summed E-state index contributed by atoms with van der Waals surface area (Å²) in [5.41, 5.74) is 0. The molecule has 2 rings (SSSR count). The Bertz CT molecular complexity index is 310. The van der Waals surface area contributed by atoms with Gasteiger partial charge in [0, 0.05) is 11.8 Å². The van der Waals surface area contributed by atoms with E-state index in [2.05, 4.69) is 44.9 Å². The highest BCUT2D eigenvalue weighted by atomic mass is 79.9. The van der Waals surface area contributed by atoms with Crippen molar-refractivity contribution in [3.8, 4) is 0 Å². The second-order valence-corrected chi connectivity index (χ2v) is 7.40. The Morgan fingerprint density at radius 3 is 3.13 bits per heavy atom. The first kappa shape index (κ1) is 11.9. The standard InChI is InChI=1S/C10H15BrN2S2/c1-7(10-12-5-9(11)15-10)13-8-3-2-4-14-6-8/h5,7-8,13H,2-4,6H2,1H3. The average molecular weight is 307 g/mol. The van der Waals surface area contributed by atoms with Gasteiger partial charge in [-0.2, -0.15) is 11.8 Å². The molecule has 2 atom stereocenters. The number of nitrogens with one attached hydrogen (secondary N) is 1. The van der Waals surface area contributed by atoms with E-state index < -0.39 is 0 Å². The average Bonchev–Trinajstić information content (AvgIpc) is 2.66. The maximum Gasteiger partial charge on any atom is 0.110 e. The summed E-state index contributed by atoms with van der Waals surface area (Å²) in [5, 5.41) is 4.83. The van der Waals surface area contributed by atoms with E-state index in [1.54, 1.807) is 11.3 Å². The molecule has 15 heavy (non-hydrogen) atoms. The largest absolute Gasteiger partial charge is 0.305 e. The van der Waals surface area contributed by atoms with Crippen molar-refractivity contribution in [3.05, 3.63) is 15.0 Å². The lowest BCUT2D eigenvalue weighted by Gasteiger charge is -2.25. The van der Waals surface area contributed by atoms with E-state index in [0.29, 0.717) is 12.1 Å². The quantitative estimate of drug-likeness (QED) is 0.926. The molecule has 0 amide bonds. The normalized spacial score (nSPS) is 24.0. The topological polar surface area (TPSA) is 24.9 Å². The molecule has 2 unspecified atom stereocenters. The number of hydrogen-bond donors (Lipinski definition) is 1. The first-order valence-electron chi connectivity index (χ1n) is 5.20. The molecule has 1 fully saturated rings. The van der Waals surface area contributed by atoms with Gasteiger partial charge in [-0.3, -0.25) is 0 Å². The minimum absolute atomic E-state index is 0.380. The minimum atomic E-state index is 0.380. The smallest absolute Gasteiger partial charge is 0.110 e. The van der Waals surface area contributed by atoms with Crippen LogP contribution in [0.1, 0.15) is 30.8 Å². The van der Waals surface area contributed by atoms with Gasteiger partial charge in [0.1, 0.15) is 5.01 Å². The lowest BCUT2D eigenvalue weighted by molar-refractivity contribution is 0.451. The van der Waals surface area contributed by atoms with Crippen LogP contribution in [0, 0.1) is 0 Å². The summed E-state index contributed by atoms with van der Waals surface area (Å²) >= 11 is 7.23. The van der Waals surface area contributed by atoms with Crippen LogP contribution in [-0.4, -0.2) is 22.5 Å². The second-order valence-electron chi connectivity index (χ2n) is 3.81. The van der Waals surface area contributed by atoms with Crippen LogP contribution in [0.4, 0.5) is 0 Å².